The Hall–Kier alpha value is -2.15. The number of carbonyl (C=O) groups is 2. The van der Waals surface area contributed by atoms with Gasteiger partial charge in [-0.2, -0.15) is 5.26 Å². The van der Waals surface area contributed by atoms with E-state index in [1.54, 1.807) is 12.1 Å². The fourth-order valence-electron chi connectivity index (χ4n) is 2.12. The maximum atomic E-state index is 12.0. The largest absolute Gasteiger partial charge is 0.325 e. The molecule has 0 saturated heterocycles. The third-order valence-corrected chi connectivity index (χ3v) is 3.47. The number of benzene rings is 1. The van der Waals surface area contributed by atoms with Crippen molar-refractivity contribution in [3.63, 3.8) is 0 Å². The van der Waals surface area contributed by atoms with Gasteiger partial charge in [0.1, 0.15) is 0 Å². The molecule has 1 saturated carbocycles. The van der Waals surface area contributed by atoms with Crippen LogP contribution in [0.15, 0.2) is 24.3 Å². The van der Waals surface area contributed by atoms with Gasteiger partial charge in [0.05, 0.1) is 6.07 Å². The zero-order valence-corrected chi connectivity index (χ0v) is 10.8. The van der Waals surface area contributed by atoms with Crippen molar-refractivity contribution in [2.75, 3.05) is 5.32 Å². The van der Waals surface area contributed by atoms with Gasteiger partial charge in [-0.25, -0.2) is 0 Å². The molecule has 0 spiro atoms. The molecule has 19 heavy (non-hydrogen) atoms. The van der Waals surface area contributed by atoms with Crippen LogP contribution in [0.3, 0.4) is 0 Å². The summed E-state index contributed by atoms with van der Waals surface area (Å²) in [5.41, 5.74) is 1.63. The first-order chi connectivity index (χ1) is 9.11. The molecule has 0 aliphatic heterocycles. The summed E-state index contributed by atoms with van der Waals surface area (Å²) in [4.78, 5) is 24.0. The van der Waals surface area contributed by atoms with Gasteiger partial charge in [-0.15, -0.1) is 0 Å². The predicted molar refractivity (Wildman–Crippen MR) is 71.3 cm³/mol. The van der Waals surface area contributed by atoms with Gasteiger partial charge >= 0.3 is 0 Å². The van der Waals surface area contributed by atoms with Gasteiger partial charge in [0, 0.05) is 11.6 Å². The monoisotopic (exact) mass is 256 g/mol. The summed E-state index contributed by atoms with van der Waals surface area (Å²) in [7, 11) is 0. The van der Waals surface area contributed by atoms with E-state index >= 15 is 0 Å². The molecule has 2 rings (SSSR count). The Balaban J connectivity index is 2.05. The molecule has 1 aliphatic rings. The van der Waals surface area contributed by atoms with Crippen LogP contribution >= 0.6 is 0 Å². The fraction of sp³-hybridized carbons (Fsp3) is 0.400. The van der Waals surface area contributed by atoms with Gasteiger partial charge < -0.3 is 5.32 Å². The quantitative estimate of drug-likeness (QED) is 0.841. The highest BCUT2D eigenvalue weighted by Gasteiger charge is 2.35. The van der Waals surface area contributed by atoms with Gasteiger partial charge in [0.25, 0.3) is 0 Å². The van der Waals surface area contributed by atoms with E-state index in [0.717, 1.165) is 24.8 Å². The summed E-state index contributed by atoms with van der Waals surface area (Å²) < 4.78 is 0. The van der Waals surface area contributed by atoms with Crippen LogP contribution in [0, 0.1) is 30.1 Å². The molecular formula is C15H16N2O2. The molecule has 0 aromatic heterocycles. The first kappa shape index (κ1) is 13.3. The Morgan fingerprint density at radius 2 is 2.16 bits per heavy atom. The molecule has 1 aromatic rings. The highest BCUT2D eigenvalue weighted by molar-refractivity contribution is 6.10. The molecule has 4 heteroatoms. The maximum absolute atomic E-state index is 12.0. The van der Waals surface area contributed by atoms with E-state index in [0.29, 0.717) is 5.69 Å². The number of nitriles is 1. The summed E-state index contributed by atoms with van der Waals surface area (Å²) in [6.07, 6.45) is 2.61. The zero-order chi connectivity index (χ0) is 13.8. The Morgan fingerprint density at radius 1 is 1.42 bits per heavy atom. The lowest BCUT2D eigenvalue weighted by Gasteiger charge is -2.25. The molecule has 1 amide bonds. The van der Waals surface area contributed by atoms with Crippen LogP contribution in [0.25, 0.3) is 0 Å². The van der Waals surface area contributed by atoms with E-state index in [1.165, 1.54) is 0 Å². The first-order valence-corrected chi connectivity index (χ1v) is 6.42. The highest BCUT2D eigenvalue weighted by atomic mass is 16.2. The lowest BCUT2D eigenvalue weighted by molar-refractivity contribution is -0.133. The minimum absolute atomic E-state index is 0.104. The summed E-state index contributed by atoms with van der Waals surface area (Å²) >= 11 is 0. The molecule has 1 N–H and O–H groups in total. The van der Waals surface area contributed by atoms with Gasteiger partial charge in [-0.05, 0) is 37.5 Å². The van der Waals surface area contributed by atoms with Gasteiger partial charge in [-0.3, -0.25) is 9.59 Å². The zero-order valence-electron chi connectivity index (χ0n) is 10.8. The lowest BCUT2D eigenvalue weighted by atomic mass is 9.78. The summed E-state index contributed by atoms with van der Waals surface area (Å²) in [5.74, 6) is -2.05. The first-order valence-electron chi connectivity index (χ1n) is 6.42. The topological polar surface area (TPSA) is 70.0 Å². The number of hydrogen-bond acceptors (Lipinski definition) is 3. The number of rotatable bonds is 4. The van der Waals surface area contributed by atoms with E-state index in [2.05, 4.69) is 5.32 Å². The number of nitrogens with zero attached hydrogens (tertiary/aromatic N) is 1. The minimum atomic E-state index is -1.19. The predicted octanol–water partition coefficient (Wildman–Crippen LogP) is 2.44. The fourth-order valence-corrected chi connectivity index (χ4v) is 2.12. The lowest BCUT2D eigenvalue weighted by Crippen LogP contribution is -2.35. The Kier molecular flexibility index (Phi) is 3.96. The molecule has 0 radical (unpaired) electrons. The Morgan fingerprint density at radius 3 is 2.68 bits per heavy atom. The third-order valence-electron chi connectivity index (χ3n) is 3.47. The van der Waals surface area contributed by atoms with E-state index in [9.17, 15) is 9.59 Å². The van der Waals surface area contributed by atoms with E-state index in [1.807, 2.05) is 25.1 Å². The molecule has 1 aliphatic carbocycles. The number of nitrogens with one attached hydrogen (secondary N) is 1. The third kappa shape index (κ3) is 3.00. The van der Waals surface area contributed by atoms with Crippen molar-refractivity contribution in [1.29, 1.82) is 5.26 Å². The average molecular weight is 256 g/mol. The van der Waals surface area contributed by atoms with Gasteiger partial charge in [0.15, 0.2) is 11.7 Å². The molecule has 4 nitrogen and oxygen atoms in total. The number of ketones is 1. The molecular weight excluding hydrogens is 240 g/mol. The van der Waals surface area contributed by atoms with Crippen molar-refractivity contribution in [2.24, 2.45) is 11.8 Å². The number of aryl methyl sites for hydroxylation is 1. The number of anilines is 1. The normalized spacial score (nSPS) is 16.0. The molecule has 1 atom stereocenters. The summed E-state index contributed by atoms with van der Waals surface area (Å²) in [5, 5.41) is 11.7. The van der Waals surface area contributed by atoms with Crippen molar-refractivity contribution in [3.8, 4) is 6.07 Å². The van der Waals surface area contributed by atoms with Gasteiger partial charge in [-0.1, -0.05) is 18.6 Å². The smallest absolute Gasteiger partial charge is 0.249 e. The Bertz CT molecular complexity index is 541. The molecule has 98 valence electrons. The van der Waals surface area contributed by atoms with Crippen molar-refractivity contribution in [1.82, 2.24) is 0 Å². The molecule has 1 aromatic carbocycles. The number of Topliss-reactive ketones (excluding diaryl/α,β-unsaturated/α-hetero) is 1. The van der Waals surface area contributed by atoms with Crippen molar-refractivity contribution in [2.45, 2.75) is 26.2 Å². The van der Waals surface area contributed by atoms with E-state index < -0.39 is 11.8 Å². The van der Waals surface area contributed by atoms with Crippen LogP contribution in [-0.4, -0.2) is 11.7 Å². The standard InChI is InChI=1S/C15H16N2O2/c1-10-4-2-7-12(8-10)17-15(19)13(9-16)14(18)11-5-3-6-11/h2,4,7-8,11,13H,3,5-6H2,1H3,(H,17,19). The van der Waals surface area contributed by atoms with Crippen LogP contribution in [0.4, 0.5) is 5.69 Å². The molecule has 0 heterocycles. The van der Waals surface area contributed by atoms with Crippen LogP contribution in [0.5, 0.6) is 0 Å². The Labute approximate surface area is 112 Å². The SMILES string of the molecule is Cc1cccc(NC(=O)C(C#N)C(=O)C2CCC2)c1. The molecule has 1 unspecified atom stereocenters. The van der Waals surface area contributed by atoms with E-state index in [4.69, 9.17) is 5.26 Å². The molecule has 1 fully saturated rings. The van der Waals surface area contributed by atoms with Crippen LogP contribution < -0.4 is 5.32 Å². The number of carbonyl (C=O) groups excluding carboxylic acids is 2. The second-order valence-corrected chi connectivity index (χ2v) is 4.95. The minimum Gasteiger partial charge on any atom is -0.325 e. The van der Waals surface area contributed by atoms with Gasteiger partial charge in [0.2, 0.25) is 5.91 Å². The van der Waals surface area contributed by atoms with Crippen LogP contribution in [0.2, 0.25) is 0 Å². The number of amides is 1. The van der Waals surface area contributed by atoms with Crippen molar-refractivity contribution < 1.29 is 9.59 Å². The van der Waals surface area contributed by atoms with Crippen molar-refractivity contribution in [3.05, 3.63) is 29.8 Å². The second-order valence-electron chi connectivity index (χ2n) is 4.95. The summed E-state index contributed by atoms with van der Waals surface area (Å²) in [6.45, 7) is 1.91. The molecule has 0 bridgehead atoms. The number of hydrogen-bond donors (Lipinski definition) is 1. The van der Waals surface area contributed by atoms with E-state index in [-0.39, 0.29) is 11.7 Å². The van der Waals surface area contributed by atoms with Crippen molar-refractivity contribution >= 4 is 17.4 Å². The summed E-state index contributed by atoms with van der Waals surface area (Å²) in [6, 6.07) is 9.11. The second kappa shape index (κ2) is 5.66. The van der Waals surface area contributed by atoms with Crippen LogP contribution in [-0.2, 0) is 9.59 Å². The average Bonchev–Trinajstić information content (AvgIpc) is 2.27. The maximum Gasteiger partial charge on any atom is 0.249 e. The van der Waals surface area contributed by atoms with Crippen LogP contribution in [0.1, 0.15) is 24.8 Å². The highest BCUT2D eigenvalue weighted by Crippen LogP contribution is 2.29.